The fraction of sp³-hybridized carbons (Fsp3) is 0.273. The zero-order chi connectivity index (χ0) is 22.1. The van der Waals surface area contributed by atoms with E-state index in [1.54, 1.807) is 22.4 Å². The molecule has 164 valence electrons. The Morgan fingerprint density at radius 2 is 2.22 bits per heavy atom. The first-order chi connectivity index (χ1) is 15.6. The zero-order valence-corrected chi connectivity index (χ0v) is 18.0. The number of thiophene rings is 1. The molecular weight excluding hydrogens is 431 g/mol. The maximum atomic E-state index is 12.8. The number of rotatable bonds is 8. The van der Waals surface area contributed by atoms with Gasteiger partial charge in [0, 0.05) is 39.4 Å². The van der Waals surface area contributed by atoms with Crippen LogP contribution in [-0.4, -0.2) is 26.0 Å². The van der Waals surface area contributed by atoms with Crippen LogP contribution in [0.15, 0.2) is 70.2 Å². The van der Waals surface area contributed by atoms with Gasteiger partial charge in [-0.1, -0.05) is 12.1 Å². The normalized spacial score (nSPS) is 14.2. The van der Waals surface area contributed by atoms with Crippen LogP contribution in [0, 0.1) is 0 Å². The van der Waals surface area contributed by atoms with Gasteiger partial charge in [0.05, 0.1) is 19.4 Å². The molecule has 1 aromatic carbocycles. The molecule has 1 aliphatic carbocycles. The molecule has 8 nitrogen and oxygen atoms in total. The van der Waals surface area contributed by atoms with Gasteiger partial charge in [-0.2, -0.15) is 5.10 Å². The predicted molar refractivity (Wildman–Crippen MR) is 117 cm³/mol. The van der Waals surface area contributed by atoms with Gasteiger partial charge in [-0.05, 0) is 40.8 Å². The monoisotopic (exact) mass is 453 g/mol. The molecule has 3 aromatic heterocycles. The third-order valence-electron chi connectivity index (χ3n) is 5.36. The van der Waals surface area contributed by atoms with Crippen molar-refractivity contribution in [3.63, 3.8) is 0 Å². The average Bonchev–Trinajstić information content (AvgIpc) is 3.21. The van der Waals surface area contributed by atoms with E-state index in [1.807, 2.05) is 30.3 Å². The first-order valence-electron chi connectivity index (χ1n) is 10.3. The molecule has 0 radical (unpaired) electrons. The topological polar surface area (TPSA) is 95.8 Å². The van der Waals surface area contributed by atoms with Crippen LogP contribution in [0.5, 0.6) is 0 Å². The molecule has 2 N–H and O–H groups in total. The summed E-state index contributed by atoms with van der Waals surface area (Å²) in [7, 11) is 0. The third kappa shape index (κ3) is 4.19. The molecule has 0 bridgehead atoms. The molecule has 1 fully saturated rings. The van der Waals surface area contributed by atoms with Gasteiger partial charge in [0.2, 0.25) is 5.69 Å². The Morgan fingerprint density at radius 3 is 3.00 bits per heavy atom. The van der Waals surface area contributed by atoms with E-state index in [0.717, 1.165) is 39.7 Å². The number of halogens is 1. The van der Waals surface area contributed by atoms with Gasteiger partial charge in [-0.15, -0.1) is 11.3 Å². The molecular formula is C22H22FN6O2S+. The number of hydrogen-bond donors (Lipinski definition) is 1. The van der Waals surface area contributed by atoms with Crippen LogP contribution in [0.2, 0.25) is 0 Å². The molecule has 0 atom stereocenters. The molecule has 10 heteroatoms. The standard InChI is InChI=1S/C22H22FN6O2S/c23-9-15(10-24)11-28-22(30)27(13-25-28)12-19-6-7-20(32-19)17-2-1-3-18(8-17)29-14-31-21(26-29)16-4-5-16/h1-3,6-9,13-14,16H,4-5,10-12,24H2/q+1/b15-9+. The summed E-state index contributed by atoms with van der Waals surface area (Å²) in [6, 6.07) is 12.1. The first kappa shape index (κ1) is 20.5. The lowest BCUT2D eigenvalue weighted by atomic mass is 10.1. The maximum absolute atomic E-state index is 12.8. The lowest BCUT2D eigenvalue weighted by Crippen LogP contribution is -2.31. The highest BCUT2D eigenvalue weighted by Crippen LogP contribution is 2.38. The molecule has 1 aliphatic rings. The second kappa shape index (κ2) is 8.64. The number of aromatic nitrogens is 5. The van der Waals surface area contributed by atoms with Crippen molar-refractivity contribution in [2.75, 3.05) is 6.54 Å². The van der Waals surface area contributed by atoms with Crippen molar-refractivity contribution in [3.05, 3.63) is 82.3 Å². The van der Waals surface area contributed by atoms with Gasteiger partial charge in [0.1, 0.15) is 6.33 Å². The Morgan fingerprint density at radius 1 is 1.34 bits per heavy atom. The van der Waals surface area contributed by atoms with Gasteiger partial charge in [0.25, 0.3) is 5.89 Å². The van der Waals surface area contributed by atoms with E-state index in [1.165, 1.54) is 15.6 Å². The van der Waals surface area contributed by atoms with Crippen molar-refractivity contribution < 1.29 is 13.5 Å². The van der Waals surface area contributed by atoms with Crippen molar-refractivity contribution in [2.24, 2.45) is 5.73 Å². The Balaban J connectivity index is 1.33. The quantitative estimate of drug-likeness (QED) is 0.414. The minimum atomic E-state index is -0.302. The summed E-state index contributed by atoms with van der Waals surface area (Å²) in [6.45, 7) is 0.477. The van der Waals surface area contributed by atoms with Crippen LogP contribution < -0.4 is 16.1 Å². The van der Waals surface area contributed by atoms with Crippen LogP contribution in [-0.2, 0) is 13.1 Å². The molecule has 5 rings (SSSR count). The van der Waals surface area contributed by atoms with E-state index in [9.17, 15) is 9.18 Å². The number of hydrogen-bond acceptors (Lipinski definition) is 6. The second-order valence-electron chi connectivity index (χ2n) is 7.77. The molecule has 32 heavy (non-hydrogen) atoms. The second-order valence-corrected chi connectivity index (χ2v) is 8.94. The Hall–Kier alpha value is -3.37. The summed E-state index contributed by atoms with van der Waals surface area (Å²) in [4.78, 5) is 14.6. The number of nitrogens with two attached hydrogens (primary N) is 1. The van der Waals surface area contributed by atoms with Gasteiger partial charge < -0.3 is 10.2 Å². The highest BCUT2D eigenvalue weighted by atomic mass is 32.1. The third-order valence-corrected chi connectivity index (χ3v) is 6.47. The molecule has 0 saturated heterocycles. The van der Waals surface area contributed by atoms with Crippen LogP contribution >= 0.6 is 11.3 Å². The van der Waals surface area contributed by atoms with Gasteiger partial charge in [-0.3, -0.25) is 4.57 Å². The highest BCUT2D eigenvalue weighted by Gasteiger charge is 2.32. The van der Waals surface area contributed by atoms with Crippen LogP contribution in [0.4, 0.5) is 4.39 Å². The largest absolute Gasteiger partial charge is 0.387 e. The van der Waals surface area contributed by atoms with E-state index in [-0.39, 0.29) is 18.8 Å². The maximum Gasteiger partial charge on any atom is 0.368 e. The van der Waals surface area contributed by atoms with E-state index < -0.39 is 0 Å². The summed E-state index contributed by atoms with van der Waals surface area (Å²) < 4.78 is 22.8. The molecule has 0 aliphatic heterocycles. The Kier molecular flexibility index (Phi) is 5.54. The number of nitrogens with zero attached hydrogens (tertiary/aromatic N) is 5. The minimum absolute atomic E-state index is 0.0394. The fourth-order valence-electron chi connectivity index (χ4n) is 3.40. The Labute approximate surface area is 187 Å². The zero-order valence-electron chi connectivity index (χ0n) is 17.2. The van der Waals surface area contributed by atoms with Crippen molar-refractivity contribution in [2.45, 2.75) is 31.8 Å². The fourth-order valence-corrected chi connectivity index (χ4v) is 4.40. The van der Waals surface area contributed by atoms with E-state index >= 15 is 0 Å². The van der Waals surface area contributed by atoms with E-state index in [4.69, 9.17) is 10.2 Å². The summed E-state index contributed by atoms with van der Waals surface area (Å²) in [5.41, 5.74) is 7.47. The van der Waals surface area contributed by atoms with Crippen molar-refractivity contribution in [1.29, 1.82) is 0 Å². The van der Waals surface area contributed by atoms with E-state index in [2.05, 4.69) is 16.3 Å². The molecule has 1 saturated carbocycles. The summed E-state index contributed by atoms with van der Waals surface area (Å²) in [5.74, 6) is 1.25. The first-order valence-corrected chi connectivity index (χ1v) is 11.1. The number of benzene rings is 1. The minimum Gasteiger partial charge on any atom is -0.387 e. The summed E-state index contributed by atoms with van der Waals surface area (Å²) >= 11 is 1.60. The lowest BCUT2D eigenvalue weighted by molar-refractivity contribution is -0.660. The van der Waals surface area contributed by atoms with Crippen molar-refractivity contribution in [1.82, 2.24) is 19.4 Å². The Bertz CT molecular complexity index is 1330. The van der Waals surface area contributed by atoms with Gasteiger partial charge in [0.15, 0.2) is 0 Å². The van der Waals surface area contributed by atoms with Crippen LogP contribution in [0.25, 0.3) is 16.1 Å². The van der Waals surface area contributed by atoms with Crippen LogP contribution in [0.1, 0.15) is 29.5 Å². The van der Waals surface area contributed by atoms with Crippen molar-refractivity contribution in [3.8, 4) is 16.1 Å². The predicted octanol–water partition coefficient (Wildman–Crippen LogP) is 2.78. The van der Waals surface area contributed by atoms with Gasteiger partial charge in [-0.25, -0.2) is 13.9 Å². The summed E-state index contributed by atoms with van der Waals surface area (Å²) in [5, 5.41) is 8.62. The van der Waals surface area contributed by atoms with E-state index in [0.29, 0.717) is 24.4 Å². The average molecular weight is 454 g/mol. The molecule has 0 unspecified atom stereocenters. The molecule has 3 heterocycles. The SMILES string of the molecule is NC/C(=C\F)Cn1ncn(Cc2ccc(-c3cccc(-[n+]4coc(C5CC5)n4)c3)s2)c1=O. The molecule has 0 amide bonds. The summed E-state index contributed by atoms with van der Waals surface area (Å²) in [6.07, 6.45) is 5.82. The van der Waals surface area contributed by atoms with Crippen molar-refractivity contribution >= 4 is 11.3 Å². The highest BCUT2D eigenvalue weighted by molar-refractivity contribution is 7.15. The lowest BCUT2D eigenvalue weighted by Gasteiger charge is -2.01. The molecule has 4 aromatic rings. The smallest absolute Gasteiger partial charge is 0.368 e. The van der Waals surface area contributed by atoms with Crippen LogP contribution in [0.3, 0.4) is 0 Å². The van der Waals surface area contributed by atoms with Gasteiger partial charge >= 0.3 is 12.1 Å². The molecule has 0 spiro atoms.